The van der Waals surface area contributed by atoms with E-state index in [1.807, 2.05) is 38.1 Å². The van der Waals surface area contributed by atoms with E-state index < -0.39 is 15.9 Å². The molecule has 1 N–H and O–H groups in total. The van der Waals surface area contributed by atoms with Crippen molar-refractivity contribution in [2.75, 3.05) is 38.5 Å². The highest BCUT2D eigenvalue weighted by atomic mass is 35.5. The van der Waals surface area contributed by atoms with Gasteiger partial charge < -0.3 is 15.0 Å². The summed E-state index contributed by atoms with van der Waals surface area (Å²) >= 11 is 6.14. The van der Waals surface area contributed by atoms with E-state index in [0.717, 1.165) is 15.6 Å². The third kappa shape index (κ3) is 5.16. The first-order valence-corrected chi connectivity index (χ1v) is 13.0. The summed E-state index contributed by atoms with van der Waals surface area (Å²) < 4.78 is 32.9. The monoisotopic (exact) mass is 539 g/mol. The molecule has 0 bridgehead atoms. The van der Waals surface area contributed by atoms with Crippen LogP contribution in [0.4, 0.5) is 22.7 Å². The van der Waals surface area contributed by atoms with Crippen molar-refractivity contribution >= 4 is 61.8 Å². The van der Waals surface area contributed by atoms with Crippen LogP contribution in [0, 0.1) is 6.92 Å². The van der Waals surface area contributed by atoms with E-state index in [4.69, 9.17) is 16.3 Å². The topological polar surface area (TPSA) is 104 Å². The third-order valence-corrected chi connectivity index (χ3v) is 7.82. The molecule has 4 rings (SSSR count). The number of anilines is 2. The summed E-state index contributed by atoms with van der Waals surface area (Å²) in [6.07, 6.45) is 0. The van der Waals surface area contributed by atoms with Gasteiger partial charge in [0.15, 0.2) is 11.5 Å². The second-order valence-electron chi connectivity index (χ2n) is 8.50. The number of rotatable bonds is 6. The number of amides is 1. The number of halogens is 1. The molecule has 0 fully saturated rings. The molecule has 0 atom stereocenters. The number of benzene rings is 3. The van der Waals surface area contributed by atoms with E-state index >= 15 is 0 Å². The molecule has 3 aromatic carbocycles. The van der Waals surface area contributed by atoms with Crippen LogP contribution in [0.3, 0.4) is 0 Å². The largest absolute Gasteiger partial charge is 0.495 e. The van der Waals surface area contributed by atoms with E-state index in [1.54, 1.807) is 36.4 Å². The lowest BCUT2D eigenvalue weighted by atomic mass is 10.1. The van der Waals surface area contributed by atoms with Gasteiger partial charge in [-0.3, -0.25) is 9.10 Å². The Bertz CT molecular complexity index is 1550. The van der Waals surface area contributed by atoms with Crippen molar-refractivity contribution in [1.29, 1.82) is 0 Å². The van der Waals surface area contributed by atoms with Gasteiger partial charge in [0.05, 0.1) is 24.2 Å². The fourth-order valence-corrected chi connectivity index (χ4v) is 5.19. The number of hydrogen-bond acceptors (Lipinski definition) is 7. The number of nitrogens with one attached hydrogen (secondary N) is 1. The molecular weight excluding hydrogens is 514 g/mol. The number of aliphatic imine (C=N–C) groups is 2. The second-order valence-corrected chi connectivity index (χ2v) is 10.9. The molecule has 192 valence electrons. The predicted octanol–water partition coefficient (Wildman–Crippen LogP) is 4.80. The van der Waals surface area contributed by atoms with Crippen LogP contribution in [0.25, 0.3) is 0 Å². The number of sulfonamides is 1. The third-order valence-electron chi connectivity index (χ3n) is 5.79. The number of nitrogens with zero attached hydrogens (tertiary/aromatic N) is 4. The van der Waals surface area contributed by atoms with E-state index in [0.29, 0.717) is 22.1 Å². The molecule has 9 nitrogen and oxygen atoms in total. The lowest BCUT2D eigenvalue weighted by Crippen LogP contribution is -2.44. The number of amidine groups is 1. The fraction of sp³-hybridized carbons (Fsp3) is 0.192. The first kappa shape index (κ1) is 26.2. The molecular formula is C26H26ClN5O4S. The number of fused-ring (bicyclic) bond motifs is 1. The van der Waals surface area contributed by atoms with Gasteiger partial charge in [0.2, 0.25) is 0 Å². The number of aryl methyl sites for hydroxylation is 1. The molecule has 0 radical (unpaired) electrons. The van der Waals surface area contributed by atoms with E-state index in [2.05, 4.69) is 15.3 Å². The smallest absolute Gasteiger partial charge is 0.278 e. The summed E-state index contributed by atoms with van der Waals surface area (Å²) in [5.41, 5.74) is 2.56. The Morgan fingerprint density at radius 2 is 1.84 bits per heavy atom. The van der Waals surface area contributed by atoms with Crippen LogP contribution in [0.5, 0.6) is 5.75 Å². The first-order valence-electron chi connectivity index (χ1n) is 11.2. The summed E-state index contributed by atoms with van der Waals surface area (Å²) in [5, 5.41) is 3.13. The zero-order valence-electron chi connectivity index (χ0n) is 21.0. The molecule has 0 saturated heterocycles. The Balaban J connectivity index is 1.89. The second kappa shape index (κ2) is 10.2. The standard InChI is InChI=1S/C26H26ClN5O4S/c1-16-14-18(31(2)3)11-12-19(16)28-24(26(33)30-21-15-17(27)10-13-22(21)36-5)25-29-20-8-6-7-9-23(20)37(34,35)32(25)4/h6-15H,1-5H3,(H,30,33). The lowest BCUT2D eigenvalue weighted by molar-refractivity contribution is -0.110. The molecule has 37 heavy (non-hydrogen) atoms. The van der Waals surface area contributed by atoms with E-state index in [9.17, 15) is 13.2 Å². The highest BCUT2D eigenvalue weighted by Gasteiger charge is 2.36. The Labute approximate surface area is 221 Å². The average Bonchev–Trinajstić information content (AvgIpc) is 2.86. The Morgan fingerprint density at radius 1 is 1.11 bits per heavy atom. The molecule has 0 aromatic heterocycles. The SMILES string of the molecule is COc1ccc(Cl)cc1NC(=O)C(=Nc1ccc(N(C)C)cc1C)C1=Nc2ccccc2S(=O)(=O)N1C. The summed E-state index contributed by atoms with van der Waals surface area (Å²) in [4.78, 5) is 24.8. The molecule has 1 heterocycles. The van der Waals surface area contributed by atoms with Crippen LogP contribution in [0.1, 0.15) is 5.56 Å². The fourth-order valence-electron chi connectivity index (χ4n) is 3.74. The van der Waals surface area contributed by atoms with Crippen molar-refractivity contribution in [1.82, 2.24) is 4.31 Å². The van der Waals surface area contributed by atoms with Crippen molar-refractivity contribution in [3.63, 3.8) is 0 Å². The van der Waals surface area contributed by atoms with Crippen molar-refractivity contribution in [3.05, 3.63) is 71.2 Å². The molecule has 1 amide bonds. The zero-order chi connectivity index (χ0) is 26.9. The number of methoxy groups -OCH3 is 1. The van der Waals surface area contributed by atoms with Crippen LogP contribution in [0.15, 0.2) is 75.5 Å². The summed E-state index contributed by atoms with van der Waals surface area (Å²) in [6, 6.07) is 16.7. The summed E-state index contributed by atoms with van der Waals surface area (Å²) in [5.74, 6) is -0.425. The van der Waals surface area contributed by atoms with Crippen molar-refractivity contribution in [2.45, 2.75) is 11.8 Å². The van der Waals surface area contributed by atoms with Crippen LogP contribution in [0.2, 0.25) is 5.02 Å². The van der Waals surface area contributed by atoms with Crippen LogP contribution in [-0.2, 0) is 14.8 Å². The molecule has 11 heteroatoms. The Hall–Kier alpha value is -3.89. The normalized spacial score (nSPS) is 14.5. The van der Waals surface area contributed by atoms with E-state index in [1.165, 1.54) is 26.3 Å². The highest BCUT2D eigenvalue weighted by Crippen LogP contribution is 2.33. The quantitative estimate of drug-likeness (QED) is 0.453. The van der Waals surface area contributed by atoms with Crippen molar-refractivity contribution < 1.29 is 17.9 Å². The molecule has 0 saturated carbocycles. The highest BCUT2D eigenvalue weighted by molar-refractivity contribution is 7.90. The van der Waals surface area contributed by atoms with Gasteiger partial charge in [-0.15, -0.1) is 0 Å². The number of hydrogen-bond donors (Lipinski definition) is 1. The van der Waals surface area contributed by atoms with Gasteiger partial charge in [0.1, 0.15) is 10.6 Å². The maximum atomic E-state index is 13.7. The number of ether oxygens (including phenoxy) is 1. The molecule has 1 aliphatic heterocycles. The van der Waals surface area contributed by atoms with Crippen LogP contribution in [-0.4, -0.2) is 58.4 Å². The van der Waals surface area contributed by atoms with Gasteiger partial charge in [-0.05, 0) is 61.0 Å². The Morgan fingerprint density at radius 3 is 2.51 bits per heavy atom. The maximum Gasteiger partial charge on any atom is 0.278 e. The molecule has 3 aromatic rings. The van der Waals surface area contributed by atoms with E-state index in [-0.39, 0.29) is 22.1 Å². The Kier molecular flexibility index (Phi) is 7.24. The molecule has 0 spiro atoms. The number of carbonyl (C=O) groups is 1. The lowest BCUT2D eigenvalue weighted by Gasteiger charge is -2.27. The van der Waals surface area contributed by atoms with Gasteiger partial charge >= 0.3 is 0 Å². The van der Waals surface area contributed by atoms with Gasteiger partial charge in [-0.25, -0.2) is 18.4 Å². The first-order chi connectivity index (χ1) is 17.5. The number of para-hydroxylation sites is 1. The molecule has 0 unspecified atom stereocenters. The molecule has 1 aliphatic rings. The molecule has 0 aliphatic carbocycles. The minimum absolute atomic E-state index is 0.0454. The minimum atomic E-state index is -3.97. The zero-order valence-corrected chi connectivity index (χ0v) is 22.6. The van der Waals surface area contributed by atoms with Crippen LogP contribution < -0.4 is 15.0 Å². The van der Waals surface area contributed by atoms with Gasteiger partial charge in [-0.1, -0.05) is 23.7 Å². The van der Waals surface area contributed by atoms with Crippen molar-refractivity contribution in [2.24, 2.45) is 9.98 Å². The summed E-state index contributed by atoms with van der Waals surface area (Å²) in [6.45, 7) is 1.86. The summed E-state index contributed by atoms with van der Waals surface area (Å²) in [7, 11) is 2.67. The maximum absolute atomic E-state index is 13.7. The predicted molar refractivity (Wildman–Crippen MR) is 148 cm³/mol. The average molecular weight is 540 g/mol. The minimum Gasteiger partial charge on any atom is -0.495 e. The van der Waals surface area contributed by atoms with Crippen molar-refractivity contribution in [3.8, 4) is 5.75 Å². The number of carbonyl (C=O) groups excluding carboxylic acids is 1. The van der Waals surface area contributed by atoms with Gasteiger partial charge in [-0.2, -0.15) is 0 Å². The van der Waals surface area contributed by atoms with Crippen LogP contribution >= 0.6 is 11.6 Å². The van der Waals surface area contributed by atoms with Gasteiger partial charge in [0.25, 0.3) is 15.9 Å². The van der Waals surface area contributed by atoms with Gasteiger partial charge in [0, 0.05) is 31.9 Å².